The Morgan fingerprint density at radius 1 is 1.36 bits per heavy atom. The van der Waals surface area contributed by atoms with Gasteiger partial charge in [0.15, 0.2) is 11.8 Å². The second-order valence-corrected chi connectivity index (χ2v) is 7.96. The molecule has 0 amide bonds. The Hall–Kier alpha value is -1.36. The van der Waals surface area contributed by atoms with Crippen LogP contribution in [0.5, 0.6) is 0 Å². The third-order valence-electron chi connectivity index (χ3n) is 6.02. The number of aliphatic imine (C=N–C) groups is 1. The minimum atomic E-state index is -0.255. The lowest BCUT2D eigenvalue weighted by atomic mass is 9.73. The summed E-state index contributed by atoms with van der Waals surface area (Å²) in [6.45, 7) is 5.89. The quantitative estimate of drug-likeness (QED) is 0.364. The van der Waals surface area contributed by atoms with E-state index in [1.54, 1.807) is 31.1 Å². The highest BCUT2D eigenvalue weighted by Crippen LogP contribution is 2.35. The van der Waals surface area contributed by atoms with E-state index in [9.17, 15) is 9.90 Å². The minimum absolute atomic E-state index is 0. The van der Waals surface area contributed by atoms with Gasteiger partial charge < -0.3 is 24.8 Å². The first-order valence-corrected chi connectivity index (χ1v) is 9.85. The van der Waals surface area contributed by atoms with Crippen LogP contribution in [0.1, 0.15) is 32.6 Å². The summed E-state index contributed by atoms with van der Waals surface area (Å²) < 4.78 is 1.56. The average Bonchev–Trinajstić information content (AvgIpc) is 2.68. The Labute approximate surface area is 184 Å². The van der Waals surface area contributed by atoms with E-state index in [0.29, 0.717) is 5.82 Å². The second kappa shape index (κ2) is 9.91. The van der Waals surface area contributed by atoms with Crippen molar-refractivity contribution >= 4 is 35.8 Å². The molecule has 1 aliphatic carbocycles. The third-order valence-corrected chi connectivity index (χ3v) is 6.02. The smallest absolute Gasteiger partial charge is 0.293 e. The lowest BCUT2D eigenvalue weighted by Crippen LogP contribution is -2.55. The van der Waals surface area contributed by atoms with Crippen LogP contribution < -0.4 is 15.8 Å². The van der Waals surface area contributed by atoms with Gasteiger partial charge in [-0.05, 0) is 12.8 Å². The molecule has 2 unspecified atom stereocenters. The maximum atomic E-state index is 12.3. The molecule has 1 aliphatic heterocycles. The van der Waals surface area contributed by atoms with Crippen LogP contribution in [0.2, 0.25) is 0 Å². The van der Waals surface area contributed by atoms with Crippen molar-refractivity contribution in [1.82, 2.24) is 19.8 Å². The summed E-state index contributed by atoms with van der Waals surface area (Å²) in [4.78, 5) is 25.2. The fourth-order valence-corrected chi connectivity index (χ4v) is 4.03. The van der Waals surface area contributed by atoms with Gasteiger partial charge in [-0.15, -0.1) is 24.0 Å². The number of hydrogen-bond acceptors (Lipinski definition) is 5. The number of rotatable bonds is 3. The second-order valence-electron chi connectivity index (χ2n) is 7.96. The number of piperazine rings is 1. The van der Waals surface area contributed by atoms with E-state index in [-0.39, 0.29) is 41.1 Å². The molecule has 3 rings (SSSR count). The van der Waals surface area contributed by atoms with Gasteiger partial charge in [-0.25, -0.2) is 4.98 Å². The summed E-state index contributed by atoms with van der Waals surface area (Å²) in [6.07, 6.45) is 7.29. The number of aromatic nitrogens is 2. The molecule has 0 bridgehead atoms. The SMILES string of the molecule is CN=C(NCC1(C)CCCCC1O)N1CCN(c2nccn(C)c2=O)CC1.I. The van der Waals surface area contributed by atoms with E-state index in [4.69, 9.17) is 0 Å². The number of aliphatic hydroxyl groups is 1. The van der Waals surface area contributed by atoms with Crippen molar-refractivity contribution in [2.24, 2.45) is 17.5 Å². The molecule has 1 saturated carbocycles. The third kappa shape index (κ3) is 4.97. The van der Waals surface area contributed by atoms with Crippen LogP contribution in [0.25, 0.3) is 0 Å². The van der Waals surface area contributed by atoms with Gasteiger partial charge in [-0.3, -0.25) is 9.79 Å². The Bertz CT molecular complexity index is 731. The number of nitrogens with zero attached hydrogens (tertiary/aromatic N) is 5. The van der Waals surface area contributed by atoms with Crippen molar-refractivity contribution in [3.63, 3.8) is 0 Å². The number of guanidine groups is 1. The van der Waals surface area contributed by atoms with Gasteiger partial charge in [0, 0.05) is 64.6 Å². The van der Waals surface area contributed by atoms with E-state index in [1.165, 1.54) is 6.42 Å². The van der Waals surface area contributed by atoms with E-state index >= 15 is 0 Å². The van der Waals surface area contributed by atoms with Crippen molar-refractivity contribution in [3.05, 3.63) is 22.7 Å². The molecule has 2 aliphatic rings. The van der Waals surface area contributed by atoms with Gasteiger partial charge in [0.05, 0.1) is 6.10 Å². The molecule has 0 spiro atoms. The first-order valence-electron chi connectivity index (χ1n) is 9.85. The Morgan fingerprint density at radius 2 is 2.07 bits per heavy atom. The molecule has 28 heavy (non-hydrogen) atoms. The van der Waals surface area contributed by atoms with Crippen LogP contribution in [0.3, 0.4) is 0 Å². The minimum Gasteiger partial charge on any atom is -0.392 e. The van der Waals surface area contributed by atoms with Crippen molar-refractivity contribution < 1.29 is 5.11 Å². The standard InChI is InChI=1S/C19H32N6O2.HI/c1-19(7-5-4-6-15(19)26)14-22-18(20-2)25-12-10-24(11-13-25)16-17(27)23(3)9-8-21-16;/h8-9,15,26H,4-7,10-14H2,1-3H3,(H,20,22);1H. The highest BCUT2D eigenvalue weighted by molar-refractivity contribution is 14.0. The van der Waals surface area contributed by atoms with E-state index < -0.39 is 0 Å². The molecular weight excluding hydrogens is 471 g/mol. The monoisotopic (exact) mass is 504 g/mol. The van der Waals surface area contributed by atoms with Crippen molar-refractivity contribution in [2.45, 2.75) is 38.7 Å². The van der Waals surface area contributed by atoms with E-state index in [2.05, 4.69) is 27.1 Å². The number of nitrogens with one attached hydrogen (secondary N) is 1. The predicted molar refractivity (Wildman–Crippen MR) is 123 cm³/mol. The molecule has 1 saturated heterocycles. The van der Waals surface area contributed by atoms with E-state index in [0.717, 1.165) is 57.9 Å². The zero-order valence-corrected chi connectivity index (χ0v) is 19.4. The van der Waals surface area contributed by atoms with Gasteiger partial charge in [-0.1, -0.05) is 19.8 Å². The Balaban J connectivity index is 0.00000280. The van der Waals surface area contributed by atoms with Gasteiger partial charge in [0.2, 0.25) is 0 Å². The van der Waals surface area contributed by atoms with Gasteiger partial charge in [0.1, 0.15) is 0 Å². The lowest BCUT2D eigenvalue weighted by Gasteiger charge is -2.41. The molecule has 1 aromatic rings. The highest BCUT2D eigenvalue weighted by Gasteiger charge is 2.35. The molecule has 1 aromatic heterocycles. The van der Waals surface area contributed by atoms with Crippen molar-refractivity contribution in [3.8, 4) is 0 Å². The normalized spacial score (nSPS) is 26.0. The molecule has 9 heteroatoms. The number of aliphatic hydroxyl groups excluding tert-OH is 1. The lowest BCUT2D eigenvalue weighted by molar-refractivity contribution is 0.00364. The fraction of sp³-hybridized carbons (Fsp3) is 0.737. The number of aryl methyl sites for hydroxylation is 1. The summed E-state index contributed by atoms with van der Waals surface area (Å²) in [5.74, 6) is 1.38. The summed E-state index contributed by atoms with van der Waals surface area (Å²) >= 11 is 0. The van der Waals surface area contributed by atoms with Gasteiger partial charge in [0.25, 0.3) is 5.56 Å². The zero-order chi connectivity index (χ0) is 19.4. The predicted octanol–water partition coefficient (Wildman–Crippen LogP) is 1.04. The summed E-state index contributed by atoms with van der Waals surface area (Å²) in [7, 11) is 3.54. The maximum absolute atomic E-state index is 12.3. The number of hydrogen-bond donors (Lipinski definition) is 2. The summed E-state index contributed by atoms with van der Waals surface area (Å²) in [5.41, 5.74) is -0.163. The van der Waals surface area contributed by atoms with Crippen LogP contribution >= 0.6 is 24.0 Å². The van der Waals surface area contributed by atoms with Crippen LogP contribution in [0.15, 0.2) is 22.2 Å². The molecule has 2 N–H and O–H groups in total. The zero-order valence-electron chi connectivity index (χ0n) is 17.1. The summed E-state index contributed by atoms with van der Waals surface area (Å²) in [5, 5.41) is 13.9. The molecule has 2 atom stereocenters. The Morgan fingerprint density at radius 3 is 2.71 bits per heavy atom. The van der Waals surface area contributed by atoms with Crippen LogP contribution in [-0.2, 0) is 7.05 Å². The van der Waals surface area contributed by atoms with Crippen LogP contribution in [-0.4, -0.2) is 71.4 Å². The molecule has 2 fully saturated rings. The largest absolute Gasteiger partial charge is 0.392 e. The fourth-order valence-electron chi connectivity index (χ4n) is 4.03. The topological polar surface area (TPSA) is 86.0 Å². The average molecular weight is 504 g/mol. The molecule has 2 heterocycles. The first kappa shape index (κ1) is 22.9. The maximum Gasteiger partial charge on any atom is 0.293 e. The molecule has 158 valence electrons. The number of halogens is 1. The van der Waals surface area contributed by atoms with Crippen LogP contribution in [0, 0.1) is 5.41 Å². The molecule has 0 radical (unpaired) electrons. The summed E-state index contributed by atoms with van der Waals surface area (Å²) in [6, 6.07) is 0. The molecule has 8 nitrogen and oxygen atoms in total. The Kier molecular flexibility index (Phi) is 8.11. The van der Waals surface area contributed by atoms with Crippen molar-refractivity contribution in [1.29, 1.82) is 0 Å². The highest BCUT2D eigenvalue weighted by atomic mass is 127. The first-order chi connectivity index (χ1) is 12.9. The van der Waals surface area contributed by atoms with Gasteiger partial charge in [-0.2, -0.15) is 0 Å². The van der Waals surface area contributed by atoms with Crippen molar-refractivity contribution in [2.75, 3.05) is 44.7 Å². The molecular formula is C19H33IN6O2. The van der Waals surface area contributed by atoms with Crippen LogP contribution in [0.4, 0.5) is 5.82 Å². The molecule has 0 aromatic carbocycles. The van der Waals surface area contributed by atoms with Gasteiger partial charge >= 0.3 is 0 Å². The van der Waals surface area contributed by atoms with E-state index in [1.807, 2.05) is 4.90 Å². The number of anilines is 1.